The maximum atomic E-state index is 14.8. The van der Waals surface area contributed by atoms with Crippen molar-refractivity contribution in [3.05, 3.63) is 205 Å². The highest BCUT2D eigenvalue weighted by molar-refractivity contribution is 6.03. The molecular weight excluding hydrogens is 1230 g/mol. The van der Waals surface area contributed by atoms with E-state index in [9.17, 15) is 31.5 Å². The predicted octanol–water partition coefficient (Wildman–Crippen LogP) is 14.8. The summed E-state index contributed by atoms with van der Waals surface area (Å²) in [5.74, 6) is 0.0558. The Bertz CT molecular complexity index is 4800. The number of amides is 4. The van der Waals surface area contributed by atoms with Gasteiger partial charge >= 0.3 is 18.2 Å². The zero-order valence-electron chi connectivity index (χ0n) is 52.5. The molecule has 95 heavy (non-hydrogen) atoms. The fraction of sp³-hybridized carbons (Fsp3) is 0.179. The van der Waals surface area contributed by atoms with E-state index in [-0.39, 0.29) is 46.8 Å². The largest absolute Gasteiger partial charge is 0.416 e. The molecule has 12 rings (SSSR count). The van der Waals surface area contributed by atoms with Crippen molar-refractivity contribution in [2.45, 2.75) is 79.2 Å². The first kappa shape index (κ1) is 65.8. The lowest BCUT2D eigenvalue weighted by atomic mass is 10.1. The zero-order chi connectivity index (χ0) is 67.8. The summed E-state index contributed by atoms with van der Waals surface area (Å²) in [6, 6.07) is 36.7. The van der Waals surface area contributed by atoms with Gasteiger partial charge in [0, 0.05) is 58.4 Å². The fourth-order valence-corrected chi connectivity index (χ4v) is 10.1. The van der Waals surface area contributed by atoms with Crippen molar-refractivity contribution in [1.82, 2.24) is 59.2 Å². The number of carbonyl (C=O) groups excluding carboxylic acids is 2. The van der Waals surface area contributed by atoms with Gasteiger partial charge < -0.3 is 49.1 Å². The molecule has 4 amide bonds. The fourth-order valence-electron chi connectivity index (χ4n) is 10.1. The monoisotopic (exact) mass is 1290 g/mol. The Morgan fingerprint density at radius 3 is 1.40 bits per heavy atom. The van der Waals surface area contributed by atoms with Gasteiger partial charge in [0.2, 0.25) is 0 Å². The number of benzene rings is 6. The summed E-state index contributed by atoms with van der Waals surface area (Å²) in [5.41, 5.74) is 26.4. The van der Waals surface area contributed by atoms with E-state index in [0.29, 0.717) is 79.7 Å². The first-order valence-electron chi connectivity index (χ1n) is 29.7. The maximum absolute atomic E-state index is 14.8. The molecule has 6 heterocycles. The minimum atomic E-state index is -4.41. The molecule has 0 unspecified atom stereocenters. The van der Waals surface area contributed by atoms with Crippen LogP contribution in [0.15, 0.2) is 171 Å². The number of hydrogen-bond acceptors (Lipinski definition) is 16. The van der Waals surface area contributed by atoms with Crippen molar-refractivity contribution in [1.29, 1.82) is 0 Å². The minimum absolute atomic E-state index is 0.0293. The van der Waals surface area contributed by atoms with Gasteiger partial charge in [0.15, 0.2) is 16.9 Å². The average Bonchev–Trinajstić information content (AvgIpc) is 1.65. The third-order valence-electron chi connectivity index (χ3n) is 14.5. The number of carbonyl (C=O) groups is 2. The van der Waals surface area contributed by atoms with Gasteiger partial charge in [-0.3, -0.25) is 0 Å². The van der Waals surface area contributed by atoms with Crippen molar-refractivity contribution in [3.63, 3.8) is 0 Å². The maximum Gasteiger partial charge on any atom is 0.416 e. The number of anilines is 9. The highest BCUT2D eigenvalue weighted by Gasteiger charge is 2.31. The number of hydrogen-bond donors (Lipinski definition) is 9. The van der Waals surface area contributed by atoms with Crippen LogP contribution in [0.4, 0.5) is 83.1 Å². The van der Waals surface area contributed by atoms with Crippen molar-refractivity contribution in [3.8, 4) is 22.5 Å². The van der Waals surface area contributed by atoms with Crippen LogP contribution in [-0.2, 0) is 12.6 Å². The number of nitrogens with zero attached hydrogens (tertiary/aromatic N) is 12. The van der Waals surface area contributed by atoms with E-state index in [1.807, 2.05) is 102 Å². The number of fused-ring (bicyclic) bond motifs is 3. The molecule has 6 aromatic carbocycles. The summed E-state index contributed by atoms with van der Waals surface area (Å²) in [6.45, 7) is 17.7. The van der Waals surface area contributed by atoms with Crippen molar-refractivity contribution in [2.75, 3.05) is 49.1 Å². The molecule has 0 atom stereocenters. The molecule has 0 aliphatic carbocycles. The molecule has 0 saturated carbocycles. The van der Waals surface area contributed by atoms with Gasteiger partial charge in [-0.2, -0.15) is 28.5 Å². The normalized spacial score (nSPS) is 11.3. The lowest BCUT2D eigenvalue weighted by Crippen LogP contribution is -2.20. The van der Waals surface area contributed by atoms with Crippen molar-refractivity contribution in [2.24, 2.45) is 0 Å². The van der Waals surface area contributed by atoms with Crippen LogP contribution in [0.5, 0.6) is 0 Å². The molecule has 0 fully saturated rings. The minimum Gasteiger partial charge on any atom is -0.383 e. The van der Waals surface area contributed by atoms with Crippen molar-refractivity contribution >= 4 is 96.7 Å². The third-order valence-corrected chi connectivity index (χ3v) is 14.5. The summed E-state index contributed by atoms with van der Waals surface area (Å²) < 4.78 is 73.7. The summed E-state index contributed by atoms with van der Waals surface area (Å²) in [7, 11) is 0. The van der Waals surface area contributed by atoms with E-state index >= 15 is 0 Å². The number of aryl methyl sites for hydroxylation is 1. The molecule has 12 aromatic rings. The van der Waals surface area contributed by atoms with Crippen LogP contribution in [0.25, 0.3) is 55.6 Å². The molecular formula is C67H66F5N21O2. The molecule has 0 radical (unpaired) electrons. The summed E-state index contributed by atoms with van der Waals surface area (Å²) in [5, 5.41) is 32.0. The van der Waals surface area contributed by atoms with E-state index in [1.54, 1.807) is 57.9 Å². The van der Waals surface area contributed by atoms with Gasteiger partial charge in [-0.05, 0) is 138 Å². The van der Waals surface area contributed by atoms with E-state index in [4.69, 9.17) is 22.3 Å². The Morgan fingerprint density at radius 2 is 0.916 bits per heavy atom. The molecule has 28 heteroatoms. The molecule has 0 aliphatic rings. The van der Waals surface area contributed by atoms with Gasteiger partial charge in [0.25, 0.3) is 0 Å². The number of urea groups is 2. The molecule has 0 aliphatic heterocycles. The van der Waals surface area contributed by atoms with Crippen LogP contribution in [0, 0.1) is 18.6 Å². The van der Waals surface area contributed by atoms with Crippen LogP contribution in [-0.4, -0.2) is 71.3 Å². The van der Waals surface area contributed by atoms with Crippen molar-refractivity contribution < 1.29 is 31.5 Å². The molecule has 0 saturated heterocycles. The number of rotatable bonds is 15. The first-order valence-corrected chi connectivity index (χ1v) is 29.7. The van der Waals surface area contributed by atoms with E-state index in [1.165, 1.54) is 49.3 Å². The highest BCUT2D eigenvalue weighted by Crippen LogP contribution is 2.36. The number of nitrogens with two attached hydrogens (primary N) is 3. The van der Waals surface area contributed by atoms with Gasteiger partial charge in [-0.15, -0.1) is 0 Å². The van der Waals surface area contributed by atoms with Gasteiger partial charge in [0.1, 0.15) is 65.3 Å². The number of nitrogens with one attached hydrogen (secondary N) is 6. The van der Waals surface area contributed by atoms with Gasteiger partial charge in [-0.25, -0.2) is 62.3 Å². The second-order valence-electron chi connectivity index (χ2n) is 22.6. The molecule has 6 aromatic heterocycles. The lowest BCUT2D eigenvalue weighted by molar-refractivity contribution is -0.137. The summed E-state index contributed by atoms with van der Waals surface area (Å²) in [4.78, 5) is 49.5. The Hall–Kier alpha value is -12.1. The number of para-hydroxylation sites is 1. The molecule has 0 bridgehead atoms. The Kier molecular flexibility index (Phi) is 19.5. The van der Waals surface area contributed by atoms with Crippen LogP contribution in [0.1, 0.15) is 82.1 Å². The summed E-state index contributed by atoms with van der Waals surface area (Å²) >= 11 is 0. The lowest BCUT2D eigenvalue weighted by Gasteiger charge is -2.14. The quantitative estimate of drug-likeness (QED) is 0.0431. The molecule has 486 valence electrons. The molecule has 12 N–H and O–H groups in total. The number of alkyl halides is 3. The SMILES string of the molecule is C=C(Nc1cccc(Cc2nn(C(C)C)c3ncnc(N)c23)c1)Nc1cccc(C(F)(F)F)c1.CC(C)n1nc(-c2ccc(NC(=O)Nc3ccccc3)c(F)c2)c2c(N)ncnc21.Cc1cccc(NC(=O)Nc2ccc(-c3nn(C(C)C)c4ncnc(N)c34)cc2F)c1. The topological polar surface area (TPSA) is 315 Å². The zero-order valence-corrected chi connectivity index (χ0v) is 52.5. The number of halogens is 5. The van der Waals surface area contributed by atoms with Gasteiger partial charge in [-0.1, -0.05) is 67.2 Å². The van der Waals surface area contributed by atoms with E-state index in [2.05, 4.69) is 78.6 Å². The highest BCUT2D eigenvalue weighted by atomic mass is 19.4. The predicted molar refractivity (Wildman–Crippen MR) is 361 cm³/mol. The number of aromatic nitrogens is 12. The average molecular weight is 1290 g/mol. The van der Waals surface area contributed by atoms with Crippen LogP contribution < -0.4 is 49.1 Å². The molecule has 0 spiro atoms. The Morgan fingerprint density at radius 1 is 0.484 bits per heavy atom. The van der Waals surface area contributed by atoms with Gasteiger partial charge in [0.05, 0.1) is 38.8 Å². The Labute approximate surface area is 541 Å². The standard InChI is InChI=1S/C24H24F3N7.C22H22FN7O.C21H20FN7O/c1-14(2)34-23-21(22(28)29-13-30-23)20(33-34)11-16-6-4-8-18(10-16)31-15(3)32-19-9-5-7-17(12-19)24(25,26)27;1-12(2)30-21-18(20(24)25-11-26-21)19(29-30)14-7-8-17(16(23)10-14)28-22(31)27-15-6-4-5-13(3)9-15;1-12(2)29-20-17(19(23)24-11-25-20)18(28-29)13-8-9-16(15(22)10-13)27-21(30)26-14-6-4-3-5-7-14/h4-10,12-14,31-32H,3,11H2,1-2H3,(H2,28,29,30);4-12H,1-3H3,(H2,24,25,26)(H2,27,28,31);3-12H,1-2H3,(H2,23,24,25)(H2,26,27,30). The first-order chi connectivity index (χ1) is 45.4. The van der Waals surface area contributed by atoms with Crippen LogP contribution >= 0.6 is 0 Å². The number of nitrogen functional groups attached to an aromatic ring is 3. The third kappa shape index (κ3) is 15.5. The molecule has 23 nitrogen and oxygen atoms in total. The van der Waals surface area contributed by atoms with E-state index in [0.717, 1.165) is 40.0 Å². The second kappa shape index (κ2) is 28.2. The van der Waals surface area contributed by atoms with Crippen LogP contribution in [0.3, 0.4) is 0 Å². The second-order valence-corrected chi connectivity index (χ2v) is 22.6. The Balaban J connectivity index is 0.000000156. The smallest absolute Gasteiger partial charge is 0.383 e. The van der Waals surface area contributed by atoms with Crippen LogP contribution in [0.2, 0.25) is 0 Å². The van der Waals surface area contributed by atoms with E-state index < -0.39 is 35.4 Å². The summed E-state index contributed by atoms with van der Waals surface area (Å²) in [6.07, 6.45) is 0.262.